The first kappa shape index (κ1) is 35.7. The molecule has 3 N–H and O–H groups in total. The van der Waals surface area contributed by atoms with Crippen molar-refractivity contribution in [3.05, 3.63) is 102 Å². The molecule has 260 valence electrons. The van der Waals surface area contributed by atoms with Crippen LogP contribution in [0, 0.1) is 0 Å². The highest BCUT2D eigenvalue weighted by atomic mass is 16.6. The van der Waals surface area contributed by atoms with Crippen molar-refractivity contribution >= 4 is 23.5 Å². The maximum atomic E-state index is 14.0. The fourth-order valence-electron chi connectivity index (χ4n) is 5.51. The predicted molar refractivity (Wildman–Crippen MR) is 181 cm³/mol. The fraction of sp³-hybridized carbons (Fsp3) is 0.405. The second-order valence-corrected chi connectivity index (χ2v) is 12.1. The summed E-state index contributed by atoms with van der Waals surface area (Å²) in [5.74, 6) is -1.06. The molecule has 2 saturated heterocycles. The number of carbonyl (C=O) groups is 4. The summed E-state index contributed by atoms with van der Waals surface area (Å²) in [5.41, 5.74) is 2.54. The average molecular weight is 673 g/mol. The molecule has 49 heavy (non-hydrogen) atoms. The van der Waals surface area contributed by atoms with E-state index in [1.165, 1.54) is 0 Å². The summed E-state index contributed by atoms with van der Waals surface area (Å²) >= 11 is 0. The first-order valence-corrected chi connectivity index (χ1v) is 16.5. The van der Waals surface area contributed by atoms with Gasteiger partial charge < -0.3 is 34.9 Å². The number of methoxy groups -OCH3 is 1. The van der Waals surface area contributed by atoms with Crippen molar-refractivity contribution in [1.29, 1.82) is 0 Å². The maximum absolute atomic E-state index is 14.0. The molecule has 0 spiro atoms. The number of benzene rings is 3. The zero-order chi connectivity index (χ0) is 34.4. The summed E-state index contributed by atoms with van der Waals surface area (Å²) in [5, 5.41) is 8.55. The van der Waals surface area contributed by atoms with E-state index in [1.807, 2.05) is 65.6 Å². The number of nitrogens with zero attached hydrogens (tertiary/aromatic N) is 1. The fourth-order valence-corrected chi connectivity index (χ4v) is 5.51. The van der Waals surface area contributed by atoms with Crippen molar-refractivity contribution in [3.8, 4) is 5.75 Å². The van der Waals surface area contributed by atoms with Gasteiger partial charge in [-0.15, -0.1) is 0 Å². The number of nitrogens with one attached hydrogen (secondary N) is 3. The van der Waals surface area contributed by atoms with Crippen LogP contribution in [0.3, 0.4) is 0 Å². The van der Waals surface area contributed by atoms with Gasteiger partial charge >= 0.3 is 0 Å². The molecule has 0 saturated carbocycles. The lowest BCUT2D eigenvalue weighted by Crippen LogP contribution is -2.58. The molecular formula is C37H44N4O8. The van der Waals surface area contributed by atoms with Crippen LogP contribution in [-0.4, -0.2) is 106 Å². The van der Waals surface area contributed by atoms with Crippen molar-refractivity contribution < 1.29 is 38.1 Å². The third-order valence-electron chi connectivity index (χ3n) is 8.34. The SMILES string of the molecule is COc1ccc(C[C@H](NC(=O)[C@@H](COCc2ccccc2)NC(=O)CN2CCOCC2)C(=O)N[C@@H](Cc2ccccc2)C(=O)[C@H]2CO2)cc1. The zero-order valence-electron chi connectivity index (χ0n) is 27.7. The Morgan fingerprint density at radius 3 is 1.96 bits per heavy atom. The summed E-state index contributed by atoms with van der Waals surface area (Å²) in [6.45, 7) is 2.77. The van der Waals surface area contributed by atoms with E-state index in [-0.39, 0.29) is 44.3 Å². The first-order valence-electron chi connectivity index (χ1n) is 16.5. The Morgan fingerprint density at radius 1 is 0.755 bits per heavy atom. The number of epoxide rings is 1. The minimum atomic E-state index is -1.09. The molecule has 12 heteroatoms. The standard InChI is InChI=1S/C37H44N4O8/c1-46-29-14-12-27(13-15-29)21-31(36(44)39-30(35(43)33-25-49-33)20-26-8-4-2-5-9-26)40-37(45)32(24-48-23-28-10-6-3-7-11-28)38-34(42)22-41-16-18-47-19-17-41/h2-15,30-33H,16-25H2,1H3,(H,38,42)(H,39,44)(H,40,45)/t30-,31-,32+,33+/m0/s1. The van der Waals surface area contributed by atoms with Crippen molar-refractivity contribution in [3.63, 3.8) is 0 Å². The van der Waals surface area contributed by atoms with Gasteiger partial charge in [0.1, 0.15) is 23.9 Å². The van der Waals surface area contributed by atoms with Crippen molar-refractivity contribution in [1.82, 2.24) is 20.9 Å². The van der Waals surface area contributed by atoms with Crippen LogP contribution < -0.4 is 20.7 Å². The van der Waals surface area contributed by atoms with E-state index in [4.69, 9.17) is 18.9 Å². The molecule has 3 amide bonds. The third kappa shape index (κ3) is 11.5. The molecule has 3 aromatic carbocycles. The van der Waals surface area contributed by atoms with Gasteiger partial charge in [-0.1, -0.05) is 72.8 Å². The average Bonchev–Trinajstić information content (AvgIpc) is 3.98. The molecule has 2 aliphatic rings. The molecule has 0 unspecified atom stereocenters. The second kappa shape index (κ2) is 18.2. The van der Waals surface area contributed by atoms with Crippen LogP contribution >= 0.6 is 0 Å². The lowest BCUT2D eigenvalue weighted by atomic mass is 9.99. The summed E-state index contributed by atoms with van der Waals surface area (Å²) in [6.07, 6.45) is -0.189. The van der Waals surface area contributed by atoms with E-state index in [0.717, 1.165) is 16.7 Å². The van der Waals surface area contributed by atoms with Gasteiger partial charge in [0.05, 0.1) is 52.7 Å². The molecule has 2 aliphatic heterocycles. The largest absolute Gasteiger partial charge is 0.497 e. The summed E-state index contributed by atoms with van der Waals surface area (Å²) in [7, 11) is 1.56. The molecule has 4 atom stereocenters. The minimum Gasteiger partial charge on any atom is -0.497 e. The molecule has 3 aromatic rings. The van der Waals surface area contributed by atoms with E-state index in [9.17, 15) is 19.2 Å². The quantitative estimate of drug-likeness (QED) is 0.171. The molecular weight excluding hydrogens is 628 g/mol. The Hall–Kier alpha value is -4.62. The molecule has 0 radical (unpaired) electrons. The number of ether oxygens (including phenoxy) is 4. The van der Waals surface area contributed by atoms with Crippen LogP contribution in [0.5, 0.6) is 5.75 Å². The van der Waals surface area contributed by atoms with Gasteiger partial charge in [0.2, 0.25) is 17.7 Å². The van der Waals surface area contributed by atoms with Gasteiger partial charge in [0.15, 0.2) is 5.78 Å². The zero-order valence-corrected chi connectivity index (χ0v) is 27.7. The van der Waals surface area contributed by atoms with Crippen LogP contribution in [0.1, 0.15) is 16.7 Å². The Balaban J connectivity index is 1.32. The van der Waals surface area contributed by atoms with Crippen molar-refractivity contribution in [2.24, 2.45) is 0 Å². The Labute approximate surface area is 286 Å². The van der Waals surface area contributed by atoms with Crippen LogP contribution in [0.2, 0.25) is 0 Å². The number of amides is 3. The summed E-state index contributed by atoms with van der Waals surface area (Å²) in [6, 6.07) is 23.0. The van der Waals surface area contributed by atoms with E-state index in [1.54, 1.807) is 31.4 Å². The van der Waals surface area contributed by atoms with Gasteiger partial charge in [-0.25, -0.2) is 0 Å². The summed E-state index contributed by atoms with van der Waals surface area (Å²) < 4.78 is 21.8. The Bertz CT molecular complexity index is 1510. The van der Waals surface area contributed by atoms with Gasteiger partial charge in [-0.3, -0.25) is 24.1 Å². The van der Waals surface area contributed by atoms with Crippen LogP contribution in [-0.2, 0) is 52.8 Å². The number of morpholine rings is 1. The molecule has 0 aromatic heterocycles. The van der Waals surface area contributed by atoms with Gasteiger partial charge in [-0.05, 0) is 35.2 Å². The Kier molecular flexibility index (Phi) is 13.3. The Morgan fingerprint density at radius 2 is 1.33 bits per heavy atom. The van der Waals surface area contributed by atoms with Crippen LogP contribution in [0.15, 0.2) is 84.9 Å². The number of rotatable bonds is 18. The van der Waals surface area contributed by atoms with Crippen LogP contribution in [0.4, 0.5) is 0 Å². The number of Topliss-reactive ketones (excluding diaryl/α,β-unsaturated/α-hetero) is 1. The minimum absolute atomic E-state index is 0.0914. The van der Waals surface area contributed by atoms with E-state index >= 15 is 0 Å². The smallest absolute Gasteiger partial charge is 0.245 e. The van der Waals surface area contributed by atoms with Crippen molar-refractivity contribution in [2.75, 3.05) is 53.2 Å². The van der Waals surface area contributed by atoms with Gasteiger partial charge in [0.25, 0.3) is 0 Å². The normalized spacial score (nSPS) is 17.6. The molecule has 2 heterocycles. The molecule has 0 aliphatic carbocycles. The topological polar surface area (TPSA) is 148 Å². The number of hydrogen-bond acceptors (Lipinski definition) is 9. The lowest BCUT2D eigenvalue weighted by molar-refractivity contribution is -0.135. The first-order chi connectivity index (χ1) is 23.9. The maximum Gasteiger partial charge on any atom is 0.245 e. The van der Waals surface area contributed by atoms with Crippen LogP contribution in [0.25, 0.3) is 0 Å². The predicted octanol–water partition coefficient (Wildman–Crippen LogP) is 1.45. The third-order valence-corrected chi connectivity index (χ3v) is 8.34. The number of ketones is 1. The van der Waals surface area contributed by atoms with E-state index in [0.29, 0.717) is 38.7 Å². The molecule has 0 bridgehead atoms. The molecule has 12 nitrogen and oxygen atoms in total. The second-order valence-electron chi connectivity index (χ2n) is 12.1. The number of carbonyl (C=O) groups excluding carboxylic acids is 4. The van der Waals surface area contributed by atoms with Gasteiger partial charge in [0, 0.05) is 19.5 Å². The highest BCUT2D eigenvalue weighted by Crippen LogP contribution is 2.17. The summed E-state index contributed by atoms with van der Waals surface area (Å²) in [4.78, 5) is 56.2. The highest BCUT2D eigenvalue weighted by molar-refractivity contribution is 5.97. The van der Waals surface area contributed by atoms with E-state index < -0.39 is 36.0 Å². The molecule has 5 rings (SSSR count). The highest BCUT2D eigenvalue weighted by Gasteiger charge is 2.38. The monoisotopic (exact) mass is 672 g/mol. The molecule has 2 fully saturated rings. The number of hydrogen-bond donors (Lipinski definition) is 3. The van der Waals surface area contributed by atoms with Gasteiger partial charge in [-0.2, -0.15) is 0 Å². The lowest BCUT2D eigenvalue weighted by Gasteiger charge is -2.28. The van der Waals surface area contributed by atoms with E-state index in [2.05, 4.69) is 16.0 Å². The van der Waals surface area contributed by atoms with Crippen molar-refractivity contribution in [2.45, 2.75) is 43.7 Å².